The lowest BCUT2D eigenvalue weighted by Gasteiger charge is -2.22. The Morgan fingerprint density at radius 2 is 2.11 bits per heavy atom. The molecule has 2 aromatic heterocycles. The first-order chi connectivity index (χ1) is 13.1. The number of methoxy groups -OCH3 is 1. The molecule has 0 unspecified atom stereocenters. The van der Waals surface area contributed by atoms with Crippen LogP contribution in [0.4, 0.5) is 4.79 Å². The summed E-state index contributed by atoms with van der Waals surface area (Å²) in [5.74, 6) is 0. The third kappa shape index (κ3) is 4.67. The highest BCUT2D eigenvalue weighted by atomic mass is 32.1. The number of aromatic nitrogens is 2. The molecule has 0 aliphatic carbocycles. The van der Waals surface area contributed by atoms with Crippen LogP contribution in [0.3, 0.4) is 0 Å². The lowest BCUT2D eigenvalue weighted by atomic mass is 10.2. The minimum Gasteiger partial charge on any atom is -0.383 e. The van der Waals surface area contributed by atoms with Crippen LogP contribution in [-0.2, 0) is 24.4 Å². The molecule has 0 saturated carbocycles. The van der Waals surface area contributed by atoms with Crippen LogP contribution >= 0.6 is 11.3 Å². The number of benzene rings is 1. The molecule has 0 bridgehead atoms. The number of hydrogen-bond acceptors (Lipinski definition) is 4. The monoisotopic (exact) mass is 386 g/mol. The number of rotatable bonds is 8. The Balaban J connectivity index is 1.70. The van der Waals surface area contributed by atoms with Crippen molar-refractivity contribution in [2.45, 2.75) is 33.5 Å². The van der Waals surface area contributed by atoms with E-state index in [-0.39, 0.29) is 6.03 Å². The fourth-order valence-electron chi connectivity index (χ4n) is 3.05. The van der Waals surface area contributed by atoms with Crippen molar-refractivity contribution in [3.05, 3.63) is 51.8 Å². The molecule has 6 nitrogen and oxygen atoms in total. The number of urea groups is 1. The van der Waals surface area contributed by atoms with Gasteiger partial charge in [-0.3, -0.25) is 4.68 Å². The quantitative estimate of drug-likeness (QED) is 0.641. The second kappa shape index (κ2) is 9.01. The van der Waals surface area contributed by atoms with Crippen molar-refractivity contribution in [1.82, 2.24) is 20.0 Å². The van der Waals surface area contributed by atoms with Gasteiger partial charge in [0.25, 0.3) is 0 Å². The largest absolute Gasteiger partial charge is 0.383 e. The number of ether oxygens (including phenoxy) is 1. The van der Waals surface area contributed by atoms with Crippen molar-refractivity contribution in [3.63, 3.8) is 0 Å². The van der Waals surface area contributed by atoms with Gasteiger partial charge in [-0.05, 0) is 32.0 Å². The van der Waals surface area contributed by atoms with Crippen LogP contribution in [0.2, 0.25) is 0 Å². The zero-order chi connectivity index (χ0) is 19.2. The van der Waals surface area contributed by atoms with Crippen LogP contribution in [0.15, 0.2) is 36.4 Å². The molecular weight excluding hydrogens is 360 g/mol. The average molecular weight is 387 g/mol. The van der Waals surface area contributed by atoms with Gasteiger partial charge in [-0.25, -0.2) is 4.79 Å². The Morgan fingerprint density at radius 1 is 1.30 bits per heavy atom. The number of aryl methyl sites for hydroxylation is 2. The number of nitrogens with one attached hydrogen (secondary N) is 1. The van der Waals surface area contributed by atoms with Gasteiger partial charge in [0, 0.05) is 35.3 Å². The third-order valence-corrected chi connectivity index (χ3v) is 5.42. The summed E-state index contributed by atoms with van der Waals surface area (Å²) in [6.07, 6.45) is 0. The molecule has 27 heavy (non-hydrogen) atoms. The summed E-state index contributed by atoms with van der Waals surface area (Å²) in [5, 5.41) is 8.75. The van der Waals surface area contributed by atoms with E-state index in [1.54, 1.807) is 23.3 Å². The molecule has 0 saturated heterocycles. The number of carbonyl (C=O) groups excluding carboxylic acids is 1. The molecule has 1 N–H and O–H groups in total. The number of para-hydroxylation sites is 1. The van der Waals surface area contributed by atoms with Gasteiger partial charge in [0.05, 0.1) is 30.9 Å². The zero-order valence-corrected chi connectivity index (χ0v) is 16.9. The van der Waals surface area contributed by atoms with E-state index in [0.717, 1.165) is 23.1 Å². The van der Waals surface area contributed by atoms with E-state index in [9.17, 15) is 4.79 Å². The first-order valence-corrected chi connectivity index (χ1v) is 9.95. The van der Waals surface area contributed by atoms with Crippen LogP contribution < -0.4 is 5.32 Å². The highest BCUT2D eigenvalue weighted by molar-refractivity contribution is 7.11. The summed E-state index contributed by atoms with van der Waals surface area (Å²) in [7, 11) is 1.65. The molecule has 0 spiro atoms. The van der Waals surface area contributed by atoms with Crippen molar-refractivity contribution >= 4 is 28.3 Å². The Labute approximate surface area is 163 Å². The molecule has 0 fully saturated rings. The van der Waals surface area contributed by atoms with E-state index in [1.165, 1.54) is 9.75 Å². The van der Waals surface area contributed by atoms with Gasteiger partial charge >= 0.3 is 6.03 Å². The maximum Gasteiger partial charge on any atom is 0.318 e. The number of hydrogen-bond donors (Lipinski definition) is 1. The summed E-state index contributed by atoms with van der Waals surface area (Å²) >= 11 is 1.71. The van der Waals surface area contributed by atoms with E-state index in [0.29, 0.717) is 26.2 Å². The van der Waals surface area contributed by atoms with E-state index in [4.69, 9.17) is 4.74 Å². The second-order valence-electron chi connectivity index (χ2n) is 6.37. The summed E-state index contributed by atoms with van der Waals surface area (Å²) in [4.78, 5) is 17.0. The van der Waals surface area contributed by atoms with Gasteiger partial charge in [-0.15, -0.1) is 11.3 Å². The molecule has 7 heteroatoms. The number of amides is 2. The molecule has 0 aliphatic heterocycles. The SMILES string of the molecule is CCn1nc(CNC(=O)N(CCOC)Cc2ccc(C)s2)c2ccccc21. The van der Waals surface area contributed by atoms with E-state index in [2.05, 4.69) is 42.5 Å². The van der Waals surface area contributed by atoms with E-state index in [1.807, 2.05) is 22.9 Å². The molecule has 3 aromatic rings. The summed E-state index contributed by atoms with van der Waals surface area (Å²) < 4.78 is 7.14. The second-order valence-corrected chi connectivity index (χ2v) is 7.74. The predicted octanol–water partition coefficient (Wildman–Crippen LogP) is 3.78. The zero-order valence-electron chi connectivity index (χ0n) is 16.1. The maximum atomic E-state index is 12.8. The predicted molar refractivity (Wildman–Crippen MR) is 109 cm³/mol. The first-order valence-electron chi connectivity index (χ1n) is 9.13. The Bertz CT molecular complexity index is 902. The van der Waals surface area contributed by atoms with Gasteiger partial charge in [0.2, 0.25) is 0 Å². The van der Waals surface area contributed by atoms with Crippen molar-refractivity contribution < 1.29 is 9.53 Å². The molecular formula is C20H26N4O2S. The lowest BCUT2D eigenvalue weighted by Crippen LogP contribution is -2.40. The van der Waals surface area contributed by atoms with E-state index < -0.39 is 0 Å². The molecule has 0 radical (unpaired) electrons. The number of carbonyl (C=O) groups is 1. The molecule has 1 aromatic carbocycles. The average Bonchev–Trinajstić information content (AvgIpc) is 3.26. The van der Waals surface area contributed by atoms with Gasteiger partial charge in [0.15, 0.2) is 0 Å². The smallest absolute Gasteiger partial charge is 0.318 e. The fourth-order valence-corrected chi connectivity index (χ4v) is 3.96. The number of thiophene rings is 1. The first kappa shape index (κ1) is 19.4. The van der Waals surface area contributed by atoms with Gasteiger partial charge in [-0.2, -0.15) is 5.10 Å². The van der Waals surface area contributed by atoms with Gasteiger partial charge < -0.3 is 15.0 Å². The molecule has 144 valence electrons. The fraction of sp³-hybridized carbons (Fsp3) is 0.400. The van der Waals surface area contributed by atoms with Crippen molar-refractivity contribution in [2.75, 3.05) is 20.3 Å². The van der Waals surface area contributed by atoms with Crippen LogP contribution in [-0.4, -0.2) is 41.0 Å². The summed E-state index contributed by atoms with van der Waals surface area (Å²) in [5.41, 5.74) is 1.98. The topological polar surface area (TPSA) is 59.4 Å². The minimum absolute atomic E-state index is 0.103. The highest BCUT2D eigenvalue weighted by Crippen LogP contribution is 2.19. The van der Waals surface area contributed by atoms with Crippen molar-refractivity contribution in [1.29, 1.82) is 0 Å². The lowest BCUT2D eigenvalue weighted by molar-refractivity contribution is 0.146. The van der Waals surface area contributed by atoms with Gasteiger partial charge in [0.1, 0.15) is 0 Å². The molecule has 0 atom stereocenters. The highest BCUT2D eigenvalue weighted by Gasteiger charge is 2.16. The summed E-state index contributed by atoms with van der Waals surface area (Å²) in [6, 6.07) is 12.2. The van der Waals surface area contributed by atoms with Crippen molar-refractivity contribution in [3.8, 4) is 0 Å². The van der Waals surface area contributed by atoms with Crippen LogP contribution in [0.5, 0.6) is 0 Å². The molecule has 2 amide bonds. The number of nitrogens with zero attached hydrogens (tertiary/aromatic N) is 3. The maximum absolute atomic E-state index is 12.8. The molecule has 3 rings (SSSR count). The summed E-state index contributed by atoms with van der Waals surface area (Å²) in [6.45, 7) is 6.97. The Morgan fingerprint density at radius 3 is 2.81 bits per heavy atom. The molecule has 2 heterocycles. The van der Waals surface area contributed by atoms with Gasteiger partial charge in [-0.1, -0.05) is 18.2 Å². The van der Waals surface area contributed by atoms with Crippen LogP contribution in [0.25, 0.3) is 10.9 Å². The Kier molecular flexibility index (Phi) is 6.47. The molecule has 0 aliphatic rings. The standard InChI is InChI=1S/C20H26N4O2S/c1-4-24-19-8-6-5-7-17(19)18(22-24)13-21-20(25)23(11-12-26-3)14-16-10-9-15(2)27-16/h5-10H,4,11-14H2,1-3H3,(H,21,25). The Hall–Kier alpha value is -2.38. The van der Waals surface area contributed by atoms with E-state index >= 15 is 0 Å². The van der Waals surface area contributed by atoms with Crippen LogP contribution in [0, 0.1) is 6.92 Å². The normalized spacial score (nSPS) is 11.1. The number of fused-ring (bicyclic) bond motifs is 1. The third-order valence-electron chi connectivity index (χ3n) is 4.44. The van der Waals surface area contributed by atoms with Crippen LogP contribution in [0.1, 0.15) is 22.4 Å². The minimum atomic E-state index is -0.103. The van der Waals surface area contributed by atoms with Crippen molar-refractivity contribution in [2.24, 2.45) is 0 Å².